The molecule has 6 nitrogen and oxygen atoms in total. The lowest BCUT2D eigenvalue weighted by Crippen LogP contribution is -2.19. The predicted molar refractivity (Wildman–Crippen MR) is 129 cm³/mol. The van der Waals surface area contributed by atoms with Crippen LogP contribution in [0.2, 0.25) is 0 Å². The van der Waals surface area contributed by atoms with Crippen molar-refractivity contribution in [2.75, 3.05) is 13.2 Å². The van der Waals surface area contributed by atoms with Gasteiger partial charge in [-0.25, -0.2) is 9.59 Å². The second-order valence-electron chi connectivity index (χ2n) is 8.45. The molecule has 0 unspecified atom stereocenters. The number of carbonyl (C=O) groups is 2. The molecule has 0 saturated carbocycles. The molecule has 0 atom stereocenters. The van der Waals surface area contributed by atoms with Crippen LogP contribution in [-0.2, 0) is 25.5 Å². The van der Waals surface area contributed by atoms with Crippen LogP contribution in [0.3, 0.4) is 0 Å². The summed E-state index contributed by atoms with van der Waals surface area (Å²) in [7, 11) is 0. The first-order chi connectivity index (χ1) is 15.8. The summed E-state index contributed by atoms with van der Waals surface area (Å²) in [6.07, 6.45) is 1.34. The maximum atomic E-state index is 12.2. The van der Waals surface area contributed by atoms with Crippen LogP contribution >= 0.6 is 0 Å². The first-order valence-corrected chi connectivity index (χ1v) is 11.4. The molecule has 0 bridgehead atoms. The van der Waals surface area contributed by atoms with Gasteiger partial charge in [-0.1, -0.05) is 55.8 Å². The van der Waals surface area contributed by atoms with Gasteiger partial charge in [0.15, 0.2) is 13.2 Å². The van der Waals surface area contributed by atoms with Crippen LogP contribution < -0.4 is 9.47 Å². The Morgan fingerprint density at radius 1 is 0.727 bits per heavy atom. The molecule has 3 aromatic carbocycles. The smallest absolute Gasteiger partial charge is 0.344 e. The topological polar surface area (TPSA) is 71.1 Å². The van der Waals surface area contributed by atoms with Crippen LogP contribution in [0.15, 0.2) is 42.5 Å². The Morgan fingerprint density at radius 2 is 1.24 bits per heavy atom. The molecule has 6 heteroatoms. The fraction of sp³-hybridized carbons (Fsp3) is 0.407. The molecular weight excluding hydrogens is 420 g/mol. The van der Waals surface area contributed by atoms with Crippen molar-refractivity contribution in [1.82, 2.24) is 0 Å². The molecule has 0 aliphatic heterocycles. The number of fused-ring (bicyclic) bond motifs is 2. The van der Waals surface area contributed by atoms with E-state index in [9.17, 15) is 9.59 Å². The predicted octanol–water partition coefficient (Wildman–Crippen LogP) is 5.61. The van der Waals surface area contributed by atoms with Crippen LogP contribution in [0.5, 0.6) is 11.5 Å². The Morgan fingerprint density at radius 3 is 1.79 bits per heavy atom. The second-order valence-corrected chi connectivity index (χ2v) is 8.45. The Kier molecular flexibility index (Phi) is 8.15. The van der Waals surface area contributed by atoms with Crippen molar-refractivity contribution in [3.8, 4) is 11.5 Å². The van der Waals surface area contributed by atoms with Crippen LogP contribution in [-0.4, -0.2) is 37.4 Å². The Labute approximate surface area is 194 Å². The van der Waals surface area contributed by atoms with Crippen LogP contribution in [0.1, 0.15) is 46.6 Å². The van der Waals surface area contributed by atoms with E-state index in [1.54, 1.807) is 27.7 Å². The number of benzene rings is 3. The van der Waals surface area contributed by atoms with Gasteiger partial charge in [-0.15, -0.1) is 0 Å². The van der Waals surface area contributed by atoms with E-state index in [0.29, 0.717) is 11.5 Å². The minimum atomic E-state index is -0.427. The highest BCUT2D eigenvalue weighted by atomic mass is 16.6. The molecule has 33 heavy (non-hydrogen) atoms. The third-order valence-corrected chi connectivity index (χ3v) is 4.96. The first kappa shape index (κ1) is 24.4. The van der Waals surface area contributed by atoms with Crippen molar-refractivity contribution in [2.45, 2.75) is 59.7 Å². The van der Waals surface area contributed by atoms with Crippen molar-refractivity contribution in [2.24, 2.45) is 0 Å². The zero-order chi connectivity index (χ0) is 24.0. The van der Waals surface area contributed by atoms with Crippen LogP contribution in [0.4, 0.5) is 0 Å². The minimum Gasteiger partial charge on any atom is -0.481 e. The van der Waals surface area contributed by atoms with Gasteiger partial charge in [0.1, 0.15) is 11.5 Å². The van der Waals surface area contributed by atoms with E-state index in [2.05, 4.69) is 13.0 Å². The van der Waals surface area contributed by atoms with Gasteiger partial charge in [0.25, 0.3) is 0 Å². The first-order valence-electron chi connectivity index (χ1n) is 11.4. The monoisotopic (exact) mass is 452 g/mol. The third-order valence-electron chi connectivity index (χ3n) is 4.96. The van der Waals surface area contributed by atoms with Gasteiger partial charge in [-0.3, -0.25) is 0 Å². The molecule has 3 aromatic rings. The summed E-state index contributed by atoms with van der Waals surface area (Å²) in [6, 6.07) is 13.6. The number of esters is 2. The molecule has 176 valence electrons. The summed E-state index contributed by atoms with van der Waals surface area (Å²) in [4.78, 5) is 24.4. The maximum absolute atomic E-state index is 12.2. The summed E-state index contributed by atoms with van der Waals surface area (Å²) in [5.41, 5.74) is 1.09. The van der Waals surface area contributed by atoms with Crippen LogP contribution in [0.25, 0.3) is 21.5 Å². The van der Waals surface area contributed by atoms with E-state index in [0.717, 1.165) is 39.9 Å². The van der Waals surface area contributed by atoms with Crippen LogP contribution in [0, 0.1) is 0 Å². The van der Waals surface area contributed by atoms with E-state index in [-0.39, 0.29) is 25.4 Å². The van der Waals surface area contributed by atoms with Gasteiger partial charge in [-0.2, -0.15) is 0 Å². The summed E-state index contributed by atoms with van der Waals surface area (Å²) in [5, 5.41) is 3.30. The molecule has 0 aromatic heterocycles. The number of carbonyl (C=O) groups excluding carboxylic acids is 2. The highest BCUT2D eigenvalue weighted by molar-refractivity contribution is 6.12. The lowest BCUT2D eigenvalue weighted by Gasteiger charge is -2.20. The fourth-order valence-corrected chi connectivity index (χ4v) is 3.86. The van der Waals surface area contributed by atoms with Crippen molar-refractivity contribution in [1.29, 1.82) is 0 Å². The quantitative estimate of drug-likeness (QED) is 0.294. The molecule has 0 aliphatic rings. The lowest BCUT2D eigenvalue weighted by atomic mass is 9.95. The van der Waals surface area contributed by atoms with Gasteiger partial charge < -0.3 is 18.9 Å². The molecule has 0 radical (unpaired) electrons. The zero-order valence-corrected chi connectivity index (χ0v) is 20.0. The normalized spacial score (nSPS) is 11.2. The average Bonchev–Trinajstić information content (AvgIpc) is 2.75. The molecule has 0 N–H and O–H groups in total. The van der Waals surface area contributed by atoms with Gasteiger partial charge in [0, 0.05) is 21.5 Å². The molecule has 0 aliphatic carbocycles. The summed E-state index contributed by atoms with van der Waals surface area (Å²) in [6.45, 7) is 8.93. The van der Waals surface area contributed by atoms with Gasteiger partial charge in [0.2, 0.25) is 0 Å². The molecule has 0 saturated heterocycles. The molecule has 0 heterocycles. The van der Waals surface area contributed by atoms with Gasteiger partial charge >= 0.3 is 11.9 Å². The average molecular weight is 453 g/mol. The molecule has 0 fully saturated rings. The maximum Gasteiger partial charge on any atom is 0.344 e. The number of ether oxygens (including phenoxy) is 4. The zero-order valence-electron chi connectivity index (χ0n) is 20.0. The standard InChI is InChI=1S/C27H32O6/c1-6-10-19-11-9-14-22-25(19)27(31-16-24(29)33-18(4)5)21-13-8-7-12-20(21)26(22)30-15-23(28)32-17(2)3/h7-9,11-14,17-18H,6,10,15-16H2,1-5H3. The highest BCUT2D eigenvalue weighted by Crippen LogP contribution is 2.44. The van der Waals surface area contributed by atoms with E-state index >= 15 is 0 Å². The summed E-state index contributed by atoms with van der Waals surface area (Å²) >= 11 is 0. The molecule has 0 amide bonds. The highest BCUT2D eigenvalue weighted by Gasteiger charge is 2.20. The Bertz CT molecular complexity index is 1130. The third kappa shape index (κ3) is 5.95. The van der Waals surface area contributed by atoms with Crippen molar-refractivity contribution in [3.63, 3.8) is 0 Å². The van der Waals surface area contributed by atoms with Crippen molar-refractivity contribution in [3.05, 3.63) is 48.0 Å². The molecule has 0 spiro atoms. The largest absolute Gasteiger partial charge is 0.481 e. The molecule has 3 rings (SSSR count). The lowest BCUT2D eigenvalue weighted by molar-refractivity contribution is -0.150. The molecular formula is C27H32O6. The van der Waals surface area contributed by atoms with Gasteiger partial charge in [-0.05, 0) is 39.7 Å². The van der Waals surface area contributed by atoms with E-state index in [1.807, 2.05) is 36.4 Å². The Hall–Kier alpha value is -3.28. The fourth-order valence-electron chi connectivity index (χ4n) is 3.86. The minimum absolute atomic E-state index is 0.196. The van der Waals surface area contributed by atoms with Gasteiger partial charge in [0.05, 0.1) is 12.2 Å². The number of aryl methyl sites for hydroxylation is 1. The van der Waals surface area contributed by atoms with Crippen molar-refractivity contribution >= 4 is 33.5 Å². The summed E-state index contributed by atoms with van der Waals surface area (Å²) in [5.74, 6) is 0.356. The Balaban J connectivity index is 2.14. The van der Waals surface area contributed by atoms with E-state index in [1.165, 1.54) is 0 Å². The van der Waals surface area contributed by atoms with Crippen molar-refractivity contribution < 1.29 is 28.5 Å². The van der Waals surface area contributed by atoms with E-state index in [4.69, 9.17) is 18.9 Å². The number of hydrogen-bond acceptors (Lipinski definition) is 6. The summed E-state index contributed by atoms with van der Waals surface area (Å²) < 4.78 is 22.6. The number of rotatable bonds is 10. The number of hydrogen-bond donors (Lipinski definition) is 0. The SMILES string of the molecule is CCCc1cccc2c(OCC(=O)OC(C)C)c3ccccc3c(OCC(=O)OC(C)C)c12. The van der Waals surface area contributed by atoms with E-state index < -0.39 is 11.9 Å². The second kappa shape index (κ2) is 11.0.